The lowest BCUT2D eigenvalue weighted by atomic mass is 10.2. The molecule has 0 amide bonds. The Morgan fingerprint density at radius 3 is 2.79 bits per heavy atom. The number of methoxy groups -OCH3 is 1. The van der Waals surface area contributed by atoms with Gasteiger partial charge in [-0.1, -0.05) is 11.3 Å². The van der Waals surface area contributed by atoms with Gasteiger partial charge in [-0.3, -0.25) is 4.79 Å². The van der Waals surface area contributed by atoms with E-state index >= 15 is 0 Å². The smallest absolute Gasteiger partial charge is 0.346 e. The quantitative estimate of drug-likeness (QED) is 0.872. The molecule has 100 valence electrons. The number of aromatic hydroxyl groups is 1. The molecule has 2 rings (SSSR count). The van der Waals surface area contributed by atoms with Gasteiger partial charge in [-0.05, 0) is 25.1 Å². The van der Waals surface area contributed by atoms with Crippen molar-refractivity contribution in [1.29, 1.82) is 0 Å². The molecule has 0 aliphatic carbocycles. The fraction of sp³-hybridized carbons (Fsp3) is 0.231. The minimum Gasteiger partial charge on any atom is -0.499 e. The van der Waals surface area contributed by atoms with Gasteiger partial charge in [-0.25, -0.2) is 4.79 Å². The molecule has 1 aromatic carbocycles. The van der Waals surface area contributed by atoms with E-state index in [1.165, 1.54) is 7.11 Å². The lowest BCUT2D eigenvalue weighted by Crippen LogP contribution is -2.17. The lowest BCUT2D eigenvalue weighted by molar-refractivity contribution is 0.0522. The van der Waals surface area contributed by atoms with Crippen molar-refractivity contribution >= 4 is 27.4 Å². The zero-order chi connectivity index (χ0) is 14.0. The molecule has 0 unspecified atom stereocenters. The molecule has 1 N–H and O–H groups in total. The van der Waals surface area contributed by atoms with Gasteiger partial charge in [0.05, 0.1) is 13.7 Å². The summed E-state index contributed by atoms with van der Waals surface area (Å²) < 4.78 is 10.4. The van der Waals surface area contributed by atoms with Crippen molar-refractivity contribution in [1.82, 2.24) is 0 Å². The zero-order valence-corrected chi connectivity index (χ0v) is 11.2. The topological polar surface area (TPSA) is 72.8 Å². The van der Waals surface area contributed by atoms with Crippen molar-refractivity contribution in [2.24, 2.45) is 0 Å². The first-order valence-corrected chi connectivity index (χ1v) is 6.41. The van der Waals surface area contributed by atoms with Crippen molar-refractivity contribution in [3.63, 3.8) is 0 Å². The van der Waals surface area contributed by atoms with Crippen LogP contribution in [0.2, 0.25) is 0 Å². The molecule has 0 atom stereocenters. The third-order valence-corrected chi connectivity index (χ3v) is 3.52. The molecule has 0 aliphatic heterocycles. The maximum atomic E-state index is 12.2. The highest BCUT2D eigenvalue weighted by Gasteiger charge is 2.20. The number of rotatable bonds is 3. The van der Waals surface area contributed by atoms with E-state index in [0.717, 1.165) is 11.3 Å². The van der Waals surface area contributed by atoms with Gasteiger partial charge in [0.15, 0.2) is 10.6 Å². The summed E-state index contributed by atoms with van der Waals surface area (Å²) in [4.78, 5) is 23.8. The van der Waals surface area contributed by atoms with Gasteiger partial charge in [-0.2, -0.15) is 0 Å². The predicted molar refractivity (Wildman–Crippen MR) is 72.3 cm³/mol. The fourth-order valence-corrected chi connectivity index (χ4v) is 2.60. The van der Waals surface area contributed by atoms with Gasteiger partial charge in [-0.15, -0.1) is 0 Å². The van der Waals surface area contributed by atoms with E-state index < -0.39 is 11.4 Å². The largest absolute Gasteiger partial charge is 0.499 e. The minimum atomic E-state index is -0.807. The molecule has 0 radical (unpaired) electrons. The van der Waals surface area contributed by atoms with Crippen molar-refractivity contribution in [3.8, 4) is 10.8 Å². The second-order valence-electron chi connectivity index (χ2n) is 3.69. The molecule has 0 saturated carbocycles. The van der Waals surface area contributed by atoms with Gasteiger partial charge in [0.1, 0.15) is 5.75 Å². The Labute approximate surface area is 113 Å². The Bertz CT molecular complexity index is 689. The molecule has 5 nitrogen and oxygen atoms in total. The van der Waals surface area contributed by atoms with Gasteiger partial charge < -0.3 is 14.6 Å². The van der Waals surface area contributed by atoms with Crippen LogP contribution in [-0.2, 0) is 4.74 Å². The van der Waals surface area contributed by atoms with Gasteiger partial charge >= 0.3 is 5.97 Å². The van der Waals surface area contributed by atoms with Gasteiger partial charge in [0, 0.05) is 10.1 Å². The number of hydrogen-bond donors (Lipinski definition) is 1. The number of esters is 1. The monoisotopic (exact) mass is 280 g/mol. The van der Waals surface area contributed by atoms with E-state index in [-0.39, 0.29) is 17.2 Å². The Balaban J connectivity index is 2.69. The molecule has 0 saturated heterocycles. The molecular weight excluding hydrogens is 268 g/mol. The van der Waals surface area contributed by atoms with Crippen molar-refractivity contribution in [2.45, 2.75) is 6.92 Å². The maximum absolute atomic E-state index is 12.2. The van der Waals surface area contributed by atoms with Crippen LogP contribution in [0, 0.1) is 0 Å². The zero-order valence-electron chi connectivity index (χ0n) is 10.4. The van der Waals surface area contributed by atoms with Crippen LogP contribution in [0.25, 0.3) is 10.1 Å². The Kier molecular flexibility index (Phi) is 3.71. The molecule has 1 heterocycles. The predicted octanol–water partition coefficient (Wildman–Crippen LogP) is 2.15. The van der Waals surface area contributed by atoms with Crippen LogP contribution in [0.1, 0.15) is 17.3 Å². The maximum Gasteiger partial charge on any atom is 0.346 e. The van der Waals surface area contributed by atoms with Crippen molar-refractivity contribution < 1.29 is 19.4 Å². The van der Waals surface area contributed by atoms with E-state index in [2.05, 4.69) is 0 Å². The van der Waals surface area contributed by atoms with Gasteiger partial charge in [0.25, 0.3) is 0 Å². The van der Waals surface area contributed by atoms with E-state index in [1.54, 1.807) is 25.1 Å². The first-order chi connectivity index (χ1) is 9.08. The molecule has 6 heteroatoms. The summed E-state index contributed by atoms with van der Waals surface area (Å²) in [6.07, 6.45) is 0. The highest BCUT2D eigenvalue weighted by atomic mass is 32.1. The number of carbonyl (C=O) groups excluding carboxylic acids is 1. The summed E-state index contributed by atoms with van der Waals surface area (Å²) in [6.45, 7) is 1.78. The normalized spacial score (nSPS) is 10.4. The van der Waals surface area contributed by atoms with E-state index in [9.17, 15) is 14.7 Å². The van der Waals surface area contributed by atoms with Crippen LogP contribution < -0.4 is 10.2 Å². The second kappa shape index (κ2) is 5.27. The highest BCUT2D eigenvalue weighted by molar-refractivity contribution is 7.20. The number of ether oxygens (including phenoxy) is 2. The van der Waals surface area contributed by atoms with Gasteiger partial charge in [0.2, 0.25) is 5.43 Å². The lowest BCUT2D eigenvalue weighted by Gasteiger charge is -2.06. The van der Waals surface area contributed by atoms with Crippen LogP contribution in [0.3, 0.4) is 0 Å². The Hall–Kier alpha value is -2.08. The SMILES string of the molecule is CCOC(=O)c1c(O)sc2cc(OC)ccc2c1=O. The standard InChI is InChI=1S/C13H12O5S/c1-3-18-12(15)10-11(14)8-5-4-7(17-2)6-9(8)19-13(10)16/h4-6,16H,3H2,1-2H3. The first kappa shape index (κ1) is 13.4. The summed E-state index contributed by atoms with van der Waals surface area (Å²) in [5, 5.41) is 9.84. The molecule has 0 fully saturated rings. The summed E-state index contributed by atoms with van der Waals surface area (Å²) in [5.74, 6) is -0.231. The summed E-state index contributed by atoms with van der Waals surface area (Å²) >= 11 is 0.941. The Morgan fingerprint density at radius 1 is 1.42 bits per heavy atom. The average molecular weight is 280 g/mol. The van der Waals surface area contributed by atoms with Crippen LogP contribution in [0.15, 0.2) is 23.0 Å². The Morgan fingerprint density at radius 2 is 2.16 bits per heavy atom. The fourth-order valence-electron chi connectivity index (χ4n) is 1.67. The highest BCUT2D eigenvalue weighted by Crippen LogP contribution is 2.30. The molecule has 0 spiro atoms. The van der Waals surface area contributed by atoms with E-state index in [1.807, 2.05) is 0 Å². The number of fused-ring (bicyclic) bond motifs is 1. The number of carbonyl (C=O) groups is 1. The number of hydrogen-bond acceptors (Lipinski definition) is 6. The molecule has 1 aromatic heterocycles. The summed E-state index contributed by atoms with van der Waals surface area (Å²) in [7, 11) is 1.51. The third kappa shape index (κ3) is 2.39. The van der Waals surface area contributed by atoms with Crippen LogP contribution in [-0.4, -0.2) is 24.8 Å². The van der Waals surface area contributed by atoms with E-state index in [4.69, 9.17) is 9.47 Å². The first-order valence-electron chi connectivity index (χ1n) is 5.59. The minimum absolute atomic E-state index is 0.142. The molecule has 2 aromatic rings. The molecule has 19 heavy (non-hydrogen) atoms. The third-order valence-electron chi connectivity index (χ3n) is 2.56. The van der Waals surface area contributed by atoms with E-state index in [0.29, 0.717) is 15.8 Å². The molecule has 0 aliphatic rings. The molecular formula is C13H12O5S. The summed E-state index contributed by atoms with van der Waals surface area (Å²) in [5.41, 5.74) is -0.850. The van der Waals surface area contributed by atoms with Crippen LogP contribution >= 0.6 is 11.3 Å². The van der Waals surface area contributed by atoms with Crippen molar-refractivity contribution in [3.05, 3.63) is 34.0 Å². The van der Waals surface area contributed by atoms with Crippen molar-refractivity contribution in [2.75, 3.05) is 13.7 Å². The van der Waals surface area contributed by atoms with Crippen LogP contribution in [0.5, 0.6) is 10.8 Å². The van der Waals surface area contributed by atoms with Crippen LogP contribution in [0.4, 0.5) is 0 Å². The average Bonchev–Trinajstić information content (AvgIpc) is 2.38. The second-order valence-corrected chi connectivity index (χ2v) is 4.72. The summed E-state index contributed by atoms with van der Waals surface area (Å²) in [6, 6.07) is 4.83. The molecule has 0 bridgehead atoms. The number of benzene rings is 1.